The van der Waals surface area contributed by atoms with Crippen LogP contribution in [-0.2, 0) is 10.0 Å². The monoisotopic (exact) mass is 346 g/mol. The molecule has 2 aliphatic heterocycles. The van der Waals surface area contributed by atoms with Crippen LogP contribution in [0.25, 0.3) is 0 Å². The van der Waals surface area contributed by atoms with E-state index in [1.165, 1.54) is 17.1 Å². The molecule has 134 valence electrons. The van der Waals surface area contributed by atoms with Gasteiger partial charge in [0, 0.05) is 39.3 Å². The van der Waals surface area contributed by atoms with E-state index >= 15 is 0 Å². The van der Waals surface area contributed by atoms with E-state index in [-0.39, 0.29) is 11.8 Å². The predicted octanol–water partition coefficient (Wildman–Crippen LogP) is 0.395. The molecule has 0 aliphatic carbocycles. The van der Waals surface area contributed by atoms with Crippen molar-refractivity contribution in [1.29, 1.82) is 0 Å². The number of hydrogen-bond acceptors (Lipinski definition) is 4. The van der Waals surface area contributed by atoms with E-state index in [4.69, 9.17) is 0 Å². The molecular weight excluding hydrogens is 316 g/mol. The molecule has 7 nitrogen and oxygen atoms in total. The minimum absolute atomic E-state index is 0.0797. The minimum atomic E-state index is -3.14. The van der Waals surface area contributed by atoms with Crippen LogP contribution in [0.15, 0.2) is 0 Å². The Morgan fingerprint density at radius 2 is 1.70 bits per heavy atom. The van der Waals surface area contributed by atoms with E-state index in [0.717, 1.165) is 25.6 Å². The molecule has 0 unspecified atom stereocenters. The summed E-state index contributed by atoms with van der Waals surface area (Å²) in [6, 6.07) is -0.0797. The fraction of sp³-hybridized carbons (Fsp3) is 0.933. The largest absolute Gasteiger partial charge is 0.337 e. The van der Waals surface area contributed by atoms with Gasteiger partial charge in [0.1, 0.15) is 0 Å². The van der Waals surface area contributed by atoms with Gasteiger partial charge in [-0.1, -0.05) is 6.92 Å². The number of piperidine rings is 1. The average molecular weight is 346 g/mol. The highest BCUT2D eigenvalue weighted by molar-refractivity contribution is 7.89. The van der Waals surface area contributed by atoms with Gasteiger partial charge in [-0.3, -0.25) is 0 Å². The second-order valence-electron chi connectivity index (χ2n) is 6.54. The van der Waals surface area contributed by atoms with Gasteiger partial charge in [-0.25, -0.2) is 13.2 Å². The van der Waals surface area contributed by atoms with Gasteiger partial charge in [0.15, 0.2) is 0 Å². The van der Waals surface area contributed by atoms with Crippen molar-refractivity contribution in [2.45, 2.75) is 26.7 Å². The summed E-state index contributed by atoms with van der Waals surface area (Å²) in [5.41, 5.74) is 0. The molecule has 23 heavy (non-hydrogen) atoms. The zero-order chi connectivity index (χ0) is 16.9. The first-order valence-electron chi connectivity index (χ1n) is 8.65. The van der Waals surface area contributed by atoms with Gasteiger partial charge in [0.2, 0.25) is 10.0 Å². The quantitative estimate of drug-likeness (QED) is 0.782. The number of urea groups is 1. The number of nitrogens with one attached hydrogen (secondary N) is 1. The fourth-order valence-electron chi connectivity index (χ4n) is 3.07. The number of piperazine rings is 1. The highest BCUT2D eigenvalue weighted by Gasteiger charge is 2.27. The smallest absolute Gasteiger partial charge is 0.317 e. The van der Waals surface area contributed by atoms with Crippen LogP contribution < -0.4 is 5.32 Å². The first-order valence-corrected chi connectivity index (χ1v) is 10.3. The Kier molecular flexibility index (Phi) is 6.67. The van der Waals surface area contributed by atoms with E-state index in [1.54, 1.807) is 11.8 Å². The number of nitrogens with zero attached hydrogens (tertiary/aromatic N) is 3. The lowest BCUT2D eigenvalue weighted by Crippen LogP contribution is -2.54. The van der Waals surface area contributed by atoms with Crippen LogP contribution in [0.2, 0.25) is 0 Å². The molecule has 0 aromatic rings. The van der Waals surface area contributed by atoms with Crippen LogP contribution in [0.4, 0.5) is 4.79 Å². The van der Waals surface area contributed by atoms with Crippen LogP contribution in [0.1, 0.15) is 26.7 Å². The molecule has 0 aromatic heterocycles. The molecule has 1 N–H and O–H groups in total. The third-order valence-electron chi connectivity index (χ3n) is 4.86. The maximum Gasteiger partial charge on any atom is 0.317 e. The molecule has 0 saturated carbocycles. The van der Waals surface area contributed by atoms with Gasteiger partial charge >= 0.3 is 6.03 Å². The Morgan fingerprint density at radius 1 is 1.09 bits per heavy atom. The molecule has 0 aromatic carbocycles. The van der Waals surface area contributed by atoms with Crippen molar-refractivity contribution >= 4 is 16.1 Å². The van der Waals surface area contributed by atoms with E-state index in [9.17, 15) is 13.2 Å². The molecule has 0 radical (unpaired) electrons. The zero-order valence-electron chi connectivity index (χ0n) is 14.3. The van der Waals surface area contributed by atoms with Crippen LogP contribution in [0.5, 0.6) is 0 Å². The third kappa shape index (κ3) is 5.32. The molecule has 0 bridgehead atoms. The highest BCUT2D eigenvalue weighted by Crippen LogP contribution is 2.15. The summed E-state index contributed by atoms with van der Waals surface area (Å²) in [4.78, 5) is 16.2. The van der Waals surface area contributed by atoms with E-state index < -0.39 is 10.0 Å². The van der Waals surface area contributed by atoms with E-state index in [2.05, 4.69) is 17.1 Å². The van der Waals surface area contributed by atoms with Crippen LogP contribution in [-0.4, -0.2) is 86.7 Å². The van der Waals surface area contributed by atoms with Crippen molar-refractivity contribution in [3.05, 3.63) is 0 Å². The Hall–Kier alpha value is -0.860. The fourth-order valence-corrected chi connectivity index (χ4v) is 4.16. The lowest BCUT2D eigenvalue weighted by atomic mass is 9.99. The summed E-state index contributed by atoms with van der Waals surface area (Å²) < 4.78 is 25.1. The lowest BCUT2D eigenvalue weighted by Gasteiger charge is -2.34. The molecule has 2 aliphatic rings. The Labute approximate surface area is 140 Å². The van der Waals surface area contributed by atoms with Crippen LogP contribution in [0, 0.1) is 5.92 Å². The number of carbonyl (C=O) groups excluding carboxylic acids is 1. The first-order chi connectivity index (χ1) is 10.9. The second-order valence-corrected chi connectivity index (χ2v) is 8.80. The Balaban J connectivity index is 1.65. The maximum absolute atomic E-state index is 12.1. The van der Waals surface area contributed by atoms with E-state index in [0.29, 0.717) is 32.7 Å². The maximum atomic E-state index is 12.1. The number of sulfonamides is 1. The van der Waals surface area contributed by atoms with Crippen molar-refractivity contribution in [2.24, 2.45) is 5.92 Å². The molecule has 2 heterocycles. The SMILES string of the molecule is CCS(=O)(=O)N1CCN(C(=O)NCCN2CCC(C)CC2)CC1. The zero-order valence-corrected chi connectivity index (χ0v) is 15.1. The van der Waals surface area contributed by atoms with Gasteiger partial charge < -0.3 is 15.1 Å². The molecule has 8 heteroatoms. The summed E-state index contributed by atoms with van der Waals surface area (Å²) >= 11 is 0. The Morgan fingerprint density at radius 3 is 2.26 bits per heavy atom. The van der Waals surface area contributed by atoms with Crippen molar-refractivity contribution < 1.29 is 13.2 Å². The summed E-state index contributed by atoms with van der Waals surface area (Å²) in [6.07, 6.45) is 2.48. The first kappa shape index (κ1) is 18.5. The van der Waals surface area contributed by atoms with Gasteiger partial charge in [-0.2, -0.15) is 4.31 Å². The molecule has 0 atom stereocenters. The van der Waals surface area contributed by atoms with Crippen molar-refractivity contribution in [2.75, 3.05) is 58.1 Å². The summed E-state index contributed by atoms with van der Waals surface area (Å²) in [7, 11) is -3.14. The molecule has 2 fully saturated rings. The third-order valence-corrected chi connectivity index (χ3v) is 6.75. The number of hydrogen-bond donors (Lipinski definition) is 1. The average Bonchev–Trinajstić information content (AvgIpc) is 2.56. The number of carbonyl (C=O) groups is 1. The lowest BCUT2D eigenvalue weighted by molar-refractivity contribution is 0.165. The highest BCUT2D eigenvalue weighted by atomic mass is 32.2. The van der Waals surface area contributed by atoms with Crippen molar-refractivity contribution in [3.8, 4) is 0 Å². The van der Waals surface area contributed by atoms with Crippen LogP contribution >= 0.6 is 0 Å². The topological polar surface area (TPSA) is 73.0 Å². The van der Waals surface area contributed by atoms with Gasteiger partial charge in [0.25, 0.3) is 0 Å². The molecule has 2 rings (SSSR count). The van der Waals surface area contributed by atoms with Crippen molar-refractivity contribution in [3.63, 3.8) is 0 Å². The second kappa shape index (κ2) is 8.30. The van der Waals surface area contributed by atoms with Gasteiger partial charge in [-0.05, 0) is 38.8 Å². The summed E-state index contributed by atoms with van der Waals surface area (Å²) in [5.74, 6) is 0.935. The molecule has 0 spiro atoms. The van der Waals surface area contributed by atoms with Crippen molar-refractivity contribution in [1.82, 2.24) is 19.4 Å². The standard InChI is InChI=1S/C15H30N4O3S/c1-3-23(21,22)19-12-10-18(11-13-19)15(20)16-6-9-17-7-4-14(2)5-8-17/h14H,3-13H2,1-2H3,(H,16,20). The summed E-state index contributed by atoms with van der Waals surface area (Å²) in [6.45, 7) is 9.44. The predicted molar refractivity (Wildman–Crippen MR) is 90.8 cm³/mol. The Bertz CT molecular complexity index is 481. The summed E-state index contributed by atoms with van der Waals surface area (Å²) in [5, 5.41) is 2.96. The van der Waals surface area contributed by atoms with Crippen LogP contribution in [0.3, 0.4) is 0 Å². The molecule has 2 amide bonds. The normalized spacial score (nSPS) is 22.3. The number of amides is 2. The minimum Gasteiger partial charge on any atom is -0.337 e. The van der Waals surface area contributed by atoms with Gasteiger partial charge in [-0.15, -0.1) is 0 Å². The molecule has 2 saturated heterocycles. The van der Waals surface area contributed by atoms with Gasteiger partial charge in [0.05, 0.1) is 5.75 Å². The number of likely N-dealkylation sites (tertiary alicyclic amines) is 1. The molecular formula is C15H30N4O3S. The van der Waals surface area contributed by atoms with E-state index in [1.807, 2.05) is 0 Å². The number of rotatable bonds is 5.